The fourth-order valence-corrected chi connectivity index (χ4v) is 2.23. The van der Waals surface area contributed by atoms with Crippen LogP contribution in [0.4, 0.5) is 0 Å². The molecule has 1 heterocycles. The Bertz CT molecular complexity index is 444. The normalized spacial score (nSPS) is 33.2. The molecule has 5 atom stereocenters. The van der Waals surface area contributed by atoms with Gasteiger partial charge in [-0.15, -0.1) is 0 Å². The molecule has 1 aliphatic heterocycles. The van der Waals surface area contributed by atoms with Gasteiger partial charge in [0, 0.05) is 0 Å². The summed E-state index contributed by atoms with van der Waals surface area (Å²) in [5.41, 5.74) is 1.15. The van der Waals surface area contributed by atoms with Crippen molar-refractivity contribution in [2.75, 3.05) is 6.61 Å². The van der Waals surface area contributed by atoms with Gasteiger partial charge < -0.3 is 29.9 Å². The zero-order valence-corrected chi connectivity index (χ0v) is 12.1. The van der Waals surface area contributed by atoms with Crippen LogP contribution in [0.3, 0.4) is 0 Å². The summed E-state index contributed by atoms with van der Waals surface area (Å²) in [6.07, 6.45) is -6.33. The quantitative estimate of drug-likeness (QED) is 0.624. The predicted octanol–water partition coefficient (Wildman–Crippen LogP) is -0.0113. The Morgan fingerprint density at radius 3 is 2.19 bits per heavy atom. The van der Waals surface area contributed by atoms with E-state index in [-0.39, 0.29) is 0 Å². The second-order valence-electron chi connectivity index (χ2n) is 5.54. The fourth-order valence-electron chi connectivity index (χ4n) is 2.23. The summed E-state index contributed by atoms with van der Waals surface area (Å²) >= 11 is 0. The number of hydrogen-bond acceptors (Lipinski definition) is 6. The van der Waals surface area contributed by atoms with Crippen LogP contribution >= 0.6 is 0 Å². The third kappa shape index (κ3) is 3.53. The highest BCUT2D eigenvalue weighted by atomic mass is 16.7. The van der Waals surface area contributed by atoms with Crippen molar-refractivity contribution >= 4 is 0 Å². The summed E-state index contributed by atoms with van der Waals surface area (Å²) in [6.45, 7) is 3.68. The largest absolute Gasteiger partial charge is 0.462 e. The highest BCUT2D eigenvalue weighted by molar-refractivity contribution is 5.29. The molecule has 1 aromatic carbocycles. The van der Waals surface area contributed by atoms with Gasteiger partial charge >= 0.3 is 0 Å². The average Bonchev–Trinajstić information content (AvgIpc) is 2.48. The molecule has 2 rings (SSSR count). The first-order valence-electron chi connectivity index (χ1n) is 7.01. The summed E-state index contributed by atoms with van der Waals surface area (Å²) in [4.78, 5) is 0. The van der Waals surface area contributed by atoms with Crippen LogP contribution in [0, 0.1) is 0 Å². The summed E-state index contributed by atoms with van der Waals surface area (Å²) in [5.74, 6) is 0.870. The minimum atomic E-state index is -1.43. The second-order valence-corrected chi connectivity index (χ2v) is 5.54. The van der Waals surface area contributed by atoms with E-state index in [0.717, 1.165) is 5.56 Å². The number of aliphatic hydroxyl groups excluding tert-OH is 4. The zero-order chi connectivity index (χ0) is 15.6. The van der Waals surface area contributed by atoms with Crippen molar-refractivity contribution in [2.24, 2.45) is 0 Å². The van der Waals surface area contributed by atoms with Crippen molar-refractivity contribution in [2.45, 2.75) is 50.5 Å². The van der Waals surface area contributed by atoms with E-state index < -0.39 is 37.3 Å². The second kappa shape index (κ2) is 6.72. The van der Waals surface area contributed by atoms with Crippen molar-refractivity contribution in [1.82, 2.24) is 0 Å². The molecule has 0 amide bonds. The molecule has 1 saturated heterocycles. The molecule has 21 heavy (non-hydrogen) atoms. The fraction of sp³-hybridized carbons (Fsp3) is 0.600. The van der Waals surface area contributed by atoms with Crippen LogP contribution in [0.1, 0.15) is 25.3 Å². The van der Waals surface area contributed by atoms with E-state index >= 15 is 0 Å². The van der Waals surface area contributed by atoms with Gasteiger partial charge in [0.2, 0.25) is 6.29 Å². The Balaban J connectivity index is 2.07. The lowest BCUT2D eigenvalue weighted by Crippen LogP contribution is -2.60. The van der Waals surface area contributed by atoms with Gasteiger partial charge in [0.1, 0.15) is 30.2 Å². The smallest absolute Gasteiger partial charge is 0.229 e. The van der Waals surface area contributed by atoms with Crippen molar-refractivity contribution in [1.29, 1.82) is 0 Å². The van der Waals surface area contributed by atoms with Crippen LogP contribution in [0.2, 0.25) is 0 Å². The topological polar surface area (TPSA) is 99.4 Å². The maximum atomic E-state index is 9.88. The van der Waals surface area contributed by atoms with E-state index in [2.05, 4.69) is 13.8 Å². The third-order valence-corrected chi connectivity index (χ3v) is 3.65. The Hall–Kier alpha value is -1.18. The lowest BCUT2D eigenvalue weighted by Gasteiger charge is -2.39. The van der Waals surface area contributed by atoms with Crippen LogP contribution in [0.25, 0.3) is 0 Å². The minimum Gasteiger partial charge on any atom is -0.462 e. The molecule has 6 nitrogen and oxygen atoms in total. The molecule has 1 aliphatic rings. The van der Waals surface area contributed by atoms with E-state index in [4.69, 9.17) is 14.6 Å². The molecule has 118 valence electrons. The van der Waals surface area contributed by atoms with Gasteiger partial charge in [0.25, 0.3) is 0 Å². The van der Waals surface area contributed by atoms with Crippen molar-refractivity contribution in [3.8, 4) is 5.75 Å². The Kier molecular flexibility index (Phi) is 5.18. The summed E-state index contributed by atoms with van der Waals surface area (Å²) in [5, 5.41) is 38.4. The first kappa shape index (κ1) is 16.2. The summed E-state index contributed by atoms with van der Waals surface area (Å²) in [6, 6.07) is 7.31. The first-order valence-corrected chi connectivity index (χ1v) is 7.01. The molecule has 6 heteroatoms. The van der Waals surface area contributed by atoms with E-state index in [1.165, 1.54) is 0 Å². The lowest BCUT2D eigenvalue weighted by molar-refractivity contribution is -0.277. The van der Waals surface area contributed by atoms with Gasteiger partial charge in [-0.05, 0) is 23.6 Å². The Morgan fingerprint density at radius 2 is 1.67 bits per heavy atom. The molecule has 0 saturated carbocycles. The monoisotopic (exact) mass is 298 g/mol. The highest BCUT2D eigenvalue weighted by Crippen LogP contribution is 2.25. The van der Waals surface area contributed by atoms with E-state index in [1.54, 1.807) is 12.1 Å². The lowest BCUT2D eigenvalue weighted by atomic mass is 9.99. The molecule has 0 spiro atoms. The molecule has 0 aliphatic carbocycles. The maximum Gasteiger partial charge on any atom is 0.229 e. The van der Waals surface area contributed by atoms with Gasteiger partial charge in [-0.25, -0.2) is 0 Å². The van der Waals surface area contributed by atoms with Gasteiger partial charge in [0.05, 0.1) is 6.61 Å². The minimum absolute atomic E-state index is 0.395. The molecule has 0 aromatic heterocycles. The molecular weight excluding hydrogens is 276 g/mol. The molecule has 0 radical (unpaired) electrons. The standard InChI is InChI=1S/C15H22O6/c1-8(2)9-3-5-10(6-4-9)20-15-14(19)13(18)12(17)11(7-16)21-15/h3-6,8,11-19H,7H2,1-2H3/t11-,12-,13+,14+,15+/m1/s1. The number of benzene rings is 1. The first-order chi connectivity index (χ1) is 9.93. The van der Waals surface area contributed by atoms with E-state index in [0.29, 0.717) is 11.7 Å². The Labute approximate surface area is 123 Å². The SMILES string of the molecule is CC(C)c1ccc(O[C@H]2O[C@H](CO)[C@@H](O)[C@H](O)[C@@H]2O)cc1. The van der Waals surface area contributed by atoms with Gasteiger partial charge in [0.15, 0.2) is 0 Å². The summed E-state index contributed by atoms with van der Waals surface area (Å²) in [7, 11) is 0. The average molecular weight is 298 g/mol. The highest BCUT2D eigenvalue weighted by Gasteiger charge is 2.44. The van der Waals surface area contributed by atoms with Crippen LogP contribution in [-0.4, -0.2) is 57.7 Å². The maximum absolute atomic E-state index is 9.88. The third-order valence-electron chi connectivity index (χ3n) is 3.65. The molecular formula is C15H22O6. The van der Waals surface area contributed by atoms with Crippen molar-refractivity contribution in [3.63, 3.8) is 0 Å². The van der Waals surface area contributed by atoms with Crippen molar-refractivity contribution in [3.05, 3.63) is 29.8 Å². The van der Waals surface area contributed by atoms with Gasteiger partial charge in [-0.1, -0.05) is 26.0 Å². The molecule has 0 unspecified atom stereocenters. The Morgan fingerprint density at radius 1 is 1.05 bits per heavy atom. The van der Waals surface area contributed by atoms with Gasteiger partial charge in [-0.3, -0.25) is 0 Å². The number of rotatable bonds is 4. The number of hydrogen-bond donors (Lipinski definition) is 4. The summed E-state index contributed by atoms with van der Waals surface area (Å²) < 4.78 is 10.8. The predicted molar refractivity (Wildman–Crippen MR) is 74.9 cm³/mol. The number of ether oxygens (including phenoxy) is 2. The molecule has 0 bridgehead atoms. The van der Waals surface area contributed by atoms with Gasteiger partial charge in [-0.2, -0.15) is 0 Å². The molecule has 1 aromatic rings. The number of aliphatic hydroxyl groups is 4. The van der Waals surface area contributed by atoms with Crippen LogP contribution in [0.5, 0.6) is 5.75 Å². The van der Waals surface area contributed by atoms with Crippen LogP contribution in [0.15, 0.2) is 24.3 Å². The van der Waals surface area contributed by atoms with Crippen LogP contribution in [-0.2, 0) is 4.74 Å². The van der Waals surface area contributed by atoms with Crippen LogP contribution < -0.4 is 4.74 Å². The molecule has 4 N–H and O–H groups in total. The zero-order valence-electron chi connectivity index (χ0n) is 12.1. The van der Waals surface area contributed by atoms with E-state index in [1.807, 2.05) is 12.1 Å². The molecule has 1 fully saturated rings. The van der Waals surface area contributed by atoms with Crippen molar-refractivity contribution < 1.29 is 29.9 Å². The van der Waals surface area contributed by atoms with E-state index in [9.17, 15) is 15.3 Å².